The van der Waals surface area contributed by atoms with Gasteiger partial charge in [0.05, 0.1) is 21.8 Å². The van der Waals surface area contributed by atoms with Crippen molar-refractivity contribution in [3.05, 3.63) is 62.0 Å². The molecule has 1 fully saturated rings. The minimum Gasteiger partial charge on any atom is -0.377 e. The lowest BCUT2D eigenvalue weighted by molar-refractivity contribution is 0.679. The zero-order valence-corrected chi connectivity index (χ0v) is 14.8. The molecule has 1 nitrogen and oxygen atoms in total. The van der Waals surface area contributed by atoms with E-state index in [-0.39, 0.29) is 0 Å². The quantitative estimate of drug-likeness (QED) is 0.583. The number of hydrogen-bond donors (Lipinski definition) is 1. The Hall–Kier alpha value is -0.700. The van der Waals surface area contributed by atoms with E-state index in [1.165, 1.54) is 24.0 Å². The highest BCUT2D eigenvalue weighted by Crippen LogP contribution is 2.45. The highest BCUT2D eigenvalue weighted by atomic mass is 79.9. The van der Waals surface area contributed by atoms with E-state index in [0.717, 1.165) is 10.2 Å². The molecule has 1 N–H and O–H groups in total. The van der Waals surface area contributed by atoms with Gasteiger partial charge in [-0.1, -0.05) is 53.0 Å². The van der Waals surface area contributed by atoms with E-state index in [9.17, 15) is 0 Å². The smallest absolute Gasteiger partial charge is 0.0835 e. The predicted octanol–water partition coefficient (Wildman–Crippen LogP) is 6.63. The number of hydrogen-bond acceptors (Lipinski definition) is 1. The third kappa shape index (κ3) is 3.39. The lowest BCUT2D eigenvalue weighted by Crippen LogP contribution is -2.13. The molecule has 0 saturated heterocycles. The average molecular weight is 385 g/mol. The van der Waals surface area contributed by atoms with Gasteiger partial charge in [0.25, 0.3) is 0 Å². The second-order valence-electron chi connectivity index (χ2n) is 5.59. The first-order chi connectivity index (χ1) is 10.1. The molecule has 3 rings (SSSR count). The fourth-order valence-corrected chi connectivity index (χ4v) is 3.31. The predicted molar refractivity (Wildman–Crippen MR) is 94.4 cm³/mol. The van der Waals surface area contributed by atoms with Crippen molar-refractivity contribution in [1.82, 2.24) is 0 Å². The Labute approximate surface area is 143 Å². The van der Waals surface area contributed by atoms with Crippen LogP contribution in [0.3, 0.4) is 0 Å². The van der Waals surface area contributed by atoms with Gasteiger partial charge in [-0.15, -0.1) is 0 Å². The molecule has 0 bridgehead atoms. The van der Waals surface area contributed by atoms with Crippen molar-refractivity contribution in [1.29, 1.82) is 0 Å². The number of anilines is 1. The number of benzene rings is 2. The van der Waals surface area contributed by atoms with Crippen LogP contribution >= 0.6 is 39.1 Å². The maximum Gasteiger partial charge on any atom is 0.0835 e. The highest BCUT2D eigenvalue weighted by molar-refractivity contribution is 9.10. The van der Waals surface area contributed by atoms with Crippen molar-refractivity contribution in [3.63, 3.8) is 0 Å². The first kappa shape index (κ1) is 15.2. The van der Waals surface area contributed by atoms with Crippen LogP contribution in [0, 0.1) is 12.8 Å². The largest absolute Gasteiger partial charge is 0.377 e. The van der Waals surface area contributed by atoms with Gasteiger partial charge in [0, 0.05) is 4.47 Å². The fraction of sp³-hybridized carbons (Fsp3) is 0.294. The van der Waals surface area contributed by atoms with Gasteiger partial charge in [-0.05, 0) is 59.3 Å². The summed E-state index contributed by atoms with van der Waals surface area (Å²) in [6, 6.07) is 12.9. The van der Waals surface area contributed by atoms with E-state index >= 15 is 0 Å². The Bertz CT molecular complexity index is 651. The van der Waals surface area contributed by atoms with Crippen molar-refractivity contribution in [2.24, 2.45) is 5.92 Å². The topological polar surface area (TPSA) is 12.0 Å². The summed E-state index contributed by atoms with van der Waals surface area (Å²) in [5, 5.41) is 4.70. The van der Waals surface area contributed by atoms with Crippen LogP contribution in [0.4, 0.5) is 5.69 Å². The standard InChI is InChI=1S/C17H16BrCl2N/c1-10-2-4-11(5-3-10)17(12-6-7-12)21-14-9-8-13(18)15(19)16(14)20/h2-5,8-9,12,17,21H,6-7H2,1H3. The third-order valence-electron chi connectivity index (χ3n) is 3.88. The number of aryl methyl sites for hydroxylation is 1. The molecule has 1 saturated carbocycles. The minimum absolute atomic E-state index is 0.292. The molecule has 110 valence electrons. The van der Waals surface area contributed by atoms with Gasteiger partial charge in [0.1, 0.15) is 0 Å². The molecular weight excluding hydrogens is 369 g/mol. The number of halogens is 3. The molecule has 0 heterocycles. The van der Waals surface area contributed by atoms with Crippen LogP contribution in [0.15, 0.2) is 40.9 Å². The van der Waals surface area contributed by atoms with Gasteiger partial charge in [-0.2, -0.15) is 0 Å². The molecule has 0 amide bonds. The third-order valence-corrected chi connectivity index (χ3v) is 5.65. The molecule has 21 heavy (non-hydrogen) atoms. The highest BCUT2D eigenvalue weighted by Gasteiger charge is 2.32. The minimum atomic E-state index is 0.292. The van der Waals surface area contributed by atoms with Crippen LogP contribution in [-0.4, -0.2) is 0 Å². The van der Waals surface area contributed by atoms with Gasteiger partial charge >= 0.3 is 0 Å². The molecule has 0 radical (unpaired) electrons. The molecule has 4 heteroatoms. The van der Waals surface area contributed by atoms with Crippen molar-refractivity contribution < 1.29 is 0 Å². The summed E-state index contributed by atoms with van der Waals surface area (Å²) in [5.41, 5.74) is 3.47. The van der Waals surface area contributed by atoms with E-state index in [2.05, 4.69) is 52.4 Å². The summed E-state index contributed by atoms with van der Waals surface area (Å²) in [4.78, 5) is 0. The number of rotatable bonds is 4. The Morgan fingerprint density at radius 2 is 1.71 bits per heavy atom. The molecule has 1 aliphatic rings. The first-order valence-corrected chi connectivity index (χ1v) is 8.58. The van der Waals surface area contributed by atoms with Crippen molar-refractivity contribution in [3.8, 4) is 0 Å². The van der Waals surface area contributed by atoms with E-state index < -0.39 is 0 Å². The molecule has 0 aromatic heterocycles. The second-order valence-corrected chi connectivity index (χ2v) is 7.20. The van der Waals surface area contributed by atoms with E-state index in [1.54, 1.807) is 0 Å². The second kappa shape index (κ2) is 6.20. The zero-order valence-electron chi connectivity index (χ0n) is 11.7. The normalized spacial score (nSPS) is 15.8. The summed E-state index contributed by atoms with van der Waals surface area (Å²) in [7, 11) is 0. The summed E-state index contributed by atoms with van der Waals surface area (Å²) < 4.78 is 0.818. The Balaban J connectivity index is 1.89. The van der Waals surface area contributed by atoms with Gasteiger partial charge in [-0.3, -0.25) is 0 Å². The van der Waals surface area contributed by atoms with Gasteiger partial charge in [0.15, 0.2) is 0 Å². The first-order valence-electron chi connectivity index (χ1n) is 7.03. The monoisotopic (exact) mass is 383 g/mol. The lowest BCUT2D eigenvalue weighted by atomic mass is 10.0. The van der Waals surface area contributed by atoms with Crippen LogP contribution in [0.5, 0.6) is 0 Å². The molecule has 1 unspecified atom stereocenters. The van der Waals surface area contributed by atoms with Crippen LogP contribution in [-0.2, 0) is 0 Å². The van der Waals surface area contributed by atoms with Crippen molar-refractivity contribution in [2.75, 3.05) is 5.32 Å². The van der Waals surface area contributed by atoms with Gasteiger partial charge < -0.3 is 5.32 Å². The molecular formula is C17H16BrCl2N. The fourth-order valence-electron chi connectivity index (χ4n) is 2.48. The molecule has 0 aliphatic heterocycles. The zero-order chi connectivity index (χ0) is 15.0. The van der Waals surface area contributed by atoms with E-state index in [0.29, 0.717) is 22.0 Å². The van der Waals surface area contributed by atoms with E-state index in [1.807, 2.05) is 12.1 Å². The van der Waals surface area contributed by atoms with E-state index in [4.69, 9.17) is 23.2 Å². The van der Waals surface area contributed by atoms with Crippen LogP contribution in [0.2, 0.25) is 10.0 Å². The number of nitrogens with one attached hydrogen (secondary N) is 1. The summed E-state index contributed by atoms with van der Waals surface area (Å²) >= 11 is 16.0. The summed E-state index contributed by atoms with van der Waals surface area (Å²) in [6.45, 7) is 2.11. The SMILES string of the molecule is Cc1ccc(C(Nc2ccc(Br)c(Cl)c2Cl)C2CC2)cc1. The molecule has 0 spiro atoms. The molecule has 1 atom stereocenters. The molecule has 2 aromatic carbocycles. The van der Waals surface area contributed by atoms with Crippen molar-refractivity contribution in [2.45, 2.75) is 25.8 Å². The summed E-state index contributed by atoms with van der Waals surface area (Å²) in [6.07, 6.45) is 2.51. The van der Waals surface area contributed by atoms with Gasteiger partial charge in [-0.25, -0.2) is 0 Å². The van der Waals surface area contributed by atoms with Crippen LogP contribution in [0.1, 0.15) is 30.0 Å². The van der Waals surface area contributed by atoms with Crippen molar-refractivity contribution >= 4 is 44.8 Å². The lowest BCUT2D eigenvalue weighted by Gasteiger charge is -2.21. The van der Waals surface area contributed by atoms with Gasteiger partial charge in [0.2, 0.25) is 0 Å². The molecule has 1 aliphatic carbocycles. The van der Waals surface area contributed by atoms with Crippen LogP contribution < -0.4 is 5.32 Å². The maximum atomic E-state index is 6.36. The Kier molecular flexibility index (Phi) is 4.49. The van der Waals surface area contributed by atoms with Crippen LogP contribution in [0.25, 0.3) is 0 Å². The average Bonchev–Trinajstić information content (AvgIpc) is 3.30. The Morgan fingerprint density at radius 1 is 1.05 bits per heavy atom. The maximum absolute atomic E-state index is 6.36. The summed E-state index contributed by atoms with van der Waals surface area (Å²) in [5.74, 6) is 0.672. The molecule has 2 aromatic rings. The Morgan fingerprint density at radius 3 is 2.33 bits per heavy atom.